The summed E-state index contributed by atoms with van der Waals surface area (Å²) in [6.07, 6.45) is 7.49. The first-order chi connectivity index (χ1) is 10.3. The Morgan fingerprint density at radius 2 is 2.05 bits per heavy atom. The molecule has 2 N–H and O–H groups in total. The molecule has 0 saturated heterocycles. The van der Waals surface area contributed by atoms with E-state index in [4.69, 9.17) is 4.74 Å². The second-order valence-electron chi connectivity index (χ2n) is 5.07. The zero-order valence-corrected chi connectivity index (χ0v) is 12.9. The number of nitrogens with zero attached hydrogens (tertiary/aromatic N) is 1. The number of rotatable bonds is 6. The summed E-state index contributed by atoms with van der Waals surface area (Å²) in [5.74, 6) is 1.85. The van der Waals surface area contributed by atoms with Crippen LogP contribution in [0.5, 0.6) is 5.75 Å². The van der Waals surface area contributed by atoms with Gasteiger partial charge in [-0.3, -0.25) is 4.99 Å². The first-order valence-electron chi connectivity index (χ1n) is 7.66. The number of nitrogens with one attached hydrogen (secondary N) is 2. The summed E-state index contributed by atoms with van der Waals surface area (Å²) >= 11 is 0. The van der Waals surface area contributed by atoms with E-state index in [1.165, 1.54) is 5.56 Å². The molecule has 0 spiro atoms. The molecule has 1 aliphatic carbocycles. The first kappa shape index (κ1) is 15.4. The molecule has 0 atom stereocenters. The van der Waals surface area contributed by atoms with Gasteiger partial charge in [-0.15, -0.1) is 0 Å². The van der Waals surface area contributed by atoms with E-state index in [9.17, 15) is 0 Å². The van der Waals surface area contributed by atoms with Crippen molar-refractivity contribution in [2.24, 2.45) is 4.99 Å². The molecule has 4 heteroatoms. The molecule has 0 saturated carbocycles. The van der Waals surface area contributed by atoms with Gasteiger partial charge in [0.2, 0.25) is 0 Å². The van der Waals surface area contributed by atoms with Crippen molar-refractivity contribution in [3.63, 3.8) is 0 Å². The quantitative estimate of drug-likeness (QED) is 0.480. The van der Waals surface area contributed by atoms with Crippen molar-refractivity contribution in [2.45, 2.75) is 32.2 Å². The van der Waals surface area contributed by atoms with Crippen LogP contribution in [0.2, 0.25) is 0 Å². The highest BCUT2D eigenvalue weighted by atomic mass is 16.5. The third kappa shape index (κ3) is 4.81. The minimum atomic E-state index is 0.479. The molecule has 0 heterocycles. The van der Waals surface area contributed by atoms with Crippen LogP contribution in [0.15, 0.2) is 41.4 Å². The maximum absolute atomic E-state index is 5.65. The van der Waals surface area contributed by atoms with Crippen LogP contribution < -0.4 is 15.4 Å². The molecule has 0 amide bonds. The minimum Gasteiger partial charge on any atom is -0.494 e. The Balaban J connectivity index is 1.79. The molecule has 0 fully saturated rings. The Morgan fingerprint density at radius 1 is 1.29 bits per heavy atom. The zero-order valence-electron chi connectivity index (χ0n) is 12.9. The van der Waals surface area contributed by atoms with E-state index >= 15 is 0 Å². The first-order valence-corrected chi connectivity index (χ1v) is 7.66. The lowest BCUT2D eigenvalue weighted by molar-refractivity contribution is 0.336. The lowest BCUT2D eigenvalue weighted by Gasteiger charge is -2.17. The summed E-state index contributed by atoms with van der Waals surface area (Å²) in [5, 5.41) is 6.81. The number of hydrogen-bond acceptors (Lipinski definition) is 2. The average molecular weight is 287 g/mol. The van der Waals surface area contributed by atoms with Gasteiger partial charge in [-0.05, 0) is 37.8 Å². The van der Waals surface area contributed by atoms with Crippen LogP contribution in [-0.4, -0.2) is 32.2 Å². The Morgan fingerprint density at radius 3 is 2.76 bits per heavy atom. The number of hydrogen-bond donors (Lipinski definition) is 2. The summed E-state index contributed by atoms with van der Waals surface area (Å²) in [7, 11) is 1.81. The summed E-state index contributed by atoms with van der Waals surface area (Å²) in [6.45, 7) is 3.54. The molecule has 0 radical (unpaired) electrons. The Hall–Kier alpha value is -1.97. The number of para-hydroxylation sites is 1. The molecular formula is C17H25N3O. The normalized spacial score (nSPS) is 15.2. The highest BCUT2D eigenvalue weighted by Gasteiger charge is 2.11. The van der Waals surface area contributed by atoms with Crippen molar-refractivity contribution < 1.29 is 4.74 Å². The fourth-order valence-electron chi connectivity index (χ4n) is 2.45. The fraction of sp³-hybridized carbons (Fsp3) is 0.471. The van der Waals surface area contributed by atoms with Crippen LogP contribution in [0.4, 0.5) is 0 Å². The van der Waals surface area contributed by atoms with Crippen molar-refractivity contribution in [3.05, 3.63) is 42.0 Å². The summed E-state index contributed by atoms with van der Waals surface area (Å²) < 4.78 is 5.65. The summed E-state index contributed by atoms with van der Waals surface area (Å²) in [4.78, 5) is 4.28. The molecule has 1 aliphatic rings. The van der Waals surface area contributed by atoms with Gasteiger partial charge in [0.15, 0.2) is 5.96 Å². The maximum Gasteiger partial charge on any atom is 0.191 e. The van der Waals surface area contributed by atoms with E-state index in [0.717, 1.165) is 37.5 Å². The lowest BCUT2D eigenvalue weighted by atomic mass is 10.1. The van der Waals surface area contributed by atoms with Gasteiger partial charge in [0.1, 0.15) is 5.75 Å². The van der Waals surface area contributed by atoms with Crippen molar-refractivity contribution in [3.8, 4) is 5.75 Å². The van der Waals surface area contributed by atoms with Crippen LogP contribution in [0, 0.1) is 0 Å². The van der Waals surface area contributed by atoms with Crippen LogP contribution in [-0.2, 0) is 6.42 Å². The molecule has 0 unspecified atom stereocenters. The molecular weight excluding hydrogens is 262 g/mol. The highest BCUT2D eigenvalue weighted by Crippen LogP contribution is 2.18. The van der Waals surface area contributed by atoms with Crippen molar-refractivity contribution in [1.82, 2.24) is 10.6 Å². The summed E-state index contributed by atoms with van der Waals surface area (Å²) in [6, 6.07) is 8.68. The largest absolute Gasteiger partial charge is 0.494 e. The van der Waals surface area contributed by atoms with Crippen molar-refractivity contribution in [2.75, 3.05) is 20.2 Å². The van der Waals surface area contributed by atoms with Gasteiger partial charge >= 0.3 is 0 Å². The van der Waals surface area contributed by atoms with E-state index < -0.39 is 0 Å². The van der Waals surface area contributed by atoms with Gasteiger partial charge in [0.05, 0.1) is 6.61 Å². The second kappa shape index (κ2) is 8.35. The van der Waals surface area contributed by atoms with Crippen LogP contribution >= 0.6 is 0 Å². The SMILES string of the molecule is CCOc1ccccc1CCNC(=NC)NC1CC=CC1. The van der Waals surface area contributed by atoms with E-state index in [2.05, 4.69) is 39.9 Å². The maximum atomic E-state index is 5.65. The van der Waals surface area contributed by atoms with E-state index in [1.54, 1.807) is 0 Å². The highest BCUT2D eigenvalue weighted by molar-refractivity contribution is 5.80. The van der Waals surface area contributed by atoms with E-state index in [-0.39, 0.29) is 0 Å². The number of ether oxygens (including phenoxy) is 1. The van der Waals surface area contributed by atoms with Gasteiger partial charge in [-0.1, -0.05) is 30.4 Å². The smallest absolute Gasteiger partial charge is 0.191 e. The Bertz CT molecular complexity index is 489. The van der Waals surface area contributed by atoms with Crippen molar-refractivity contribution in [1.29, 1.82) is 0 Å². The third-order valence-electron chi connectivity index (χ3n) is 3.53. The standard InChI is InChI=1S/C17H25N3O/c1-3-21-16-11-7-4-8-14(16)12-13-19-17(18-2)20-15-9-5-6-10-15/h4-8,11,15H,3,9-10,12-13H2,1-2H3,(H2,18,19,20). The summed E-state index contributed by atoms with van der Waals surface area (Å²) in [5.41, 5.74) is 1.23. The monoisotopic (exact) mass is 287 g/mol. The van der Waals surface area contributed by atoms with Gasteiger partial charge < -0.3 is 15.4 Å². The average Bonchev–Trinajstić information content (AvgIpc) is 3.01. The van der Waals surface area contributed by atoms with Gasteiger partial charge in [0.25, 0.3) is 0 Å². The molecule has 0 aromatic heterocycles. The molecule has 0 bridgehead atoms. The number of benzene rings is 1. The van der Waals surface area contributed by atoms with Crippen LogP contribution in [0.25, 0.3) is 0 Å². The molecule has 0 aliphatic heterocycles. The molecule has 114 valence electrons. The predicted octanol–water partition coefficient (Wildman–Crippen LogP) is 2.51. The predicted molar refractivity (Wildman–Crippen MR) is 88.0 cm³/mol. The topological polar surface area (TPSA) is 45.6 Å². The Kier molecular flexibility index (Phi) is 6.13. The lowest BCUT2D eigenvalue weighted by Crippen LogP contribution is -2.43. The van der Waals surface area contributed by atoms with Gasteiger partial charge in [-0.25, -0.2) is 0 Å². The molecule has 2 rings (SSSR count). The van der Waals surface area contributed by atoms with Crippen molar-refractivity contribution >= 4 is 5.96 Å². The molecule has 4 nitrogen and oxygen atoms in total. The van der Waals surface area contributed by atoms with Gasteiger partial charge in [-0.2, -0.15) is 0 Å². The van der Waals surface area contributed by atoms with E-state index in [0.29, 0.717) is 12.6 Å². The molecule has 1 aromatic carbocycles. The minimum absolute atomic E-state index is 0.479. The fourth-order valence-corrected chi connectivity index (χ4v) is 2.45. The molecule has 1 aromatic rings. The third-order valence-corrected chi connectivity index (χ3v) is 3.53. The molecule has 21 heavy (non-hydrogen) atoms. The number of aliphatic imine (C=N–C) groups is 1. The zero-order chi connectivity index (χ0) is 14.9. The van der Waals surface area contributed by atoms with E-state index in [1.807, 2.05) is 26.1 Å². The Labute approximate surface area is 127 Å². The van der Waals surface area contributed by atoms with Gasteiger partial charge in [0, 0.05) is 19.6 Å². The number of guanidine groups is 1. The van der Waals surface area contributed by atoms with Crippen LogP contribution in [0.3, 0.4) is 0 Å². The second-order valence-corrected chi connectivity index (χ2v) is 5.07. The van der Waals surface area contributed by atoms with Crippen LogP contribution in [0.1, 0.15) is 25.3 Å².